The van der Waals surface area contributed by atoms with Gasteiger partial charge in [-0.15, -0.1) is 11.3 Å². The van der Waals surface area contributed by atoms with Gasteiger partial charge in [-0.1, -0.05) is 6.07 Å². The van der Waals surface area contributed by atoms with Crippen molar-refractivity contribution in [3.05, 3.63) is 22.4 Å². The fourth-order valence-corrected chi connectivity index (χ4v) is 2.18. The molecule has 1 rings (SSSR count). The monoisotopic (exact) mass is 227 g/mol. The highest BCUT2D eigenvalue weighted by Gasteiger charge is 2.13. The number of nitrogens with one attached hydrogen (secondary N) is 1. The molecule has 0 spiro atoms. The van der Waals surface area contributed by atoms with Crippen molar-refractivity contribution >= 4 is 17.3 Å². The minimum atomic E-state index is -0.173. The molecule has 0 saturated heterocycles. The van der Waals surface area contributed by atoms with Crippen molar-refractivity contribution in [2.45, 2.75) is 32.4 Å². The molecule has 1 aromatic rings. The Hall–Kier alpha value is -0.870. The number of esters is 1. The first-order valence-corrected chi connectivity index (χ1v) is 5.87. The lowest BCUT2D eigenvalue weighted by molar-refractivity contribution is -0.141. The largest absolute Gasteiger partial charge is 0.469 e. The fourth-order valence-electron chi connectivity index (χ4n) is 1.44. The highest BCUT2D eigenvalue weighted by atomic mass is 32.1. The van der Waals surface area contributed by atoms with E-state index in [2.05, 4.69) is 28.4 Å². The Morgan fingerprint density at radius 1 is 1.60 bits per heavy atom. The maximum atomic E-state index is 11.0. The highest BCUT2D eigenvalue weighted by Crippen LogP contribution is 2.18. The third kappa shape index (κ3) is 4.01. The van der Waals surface area contributed by atoms with Crippen molar-refractivity contribution < 1.29 is 9.53 Å². The van der Waals surface area contributed by atoms with Gasteiger partial charge in [0.25, 0.3) is 0 Å². The van der Waals surface area contributed by atoms with Crippen molar-refractivity contribution in [1.29, 1.82) is 0 Å². The molecule has 1 aromatic heterocycles. The molecule has 3 nitrogen and oxygen atoms in total. The van der Waals surface area contributed by atoms with Crippen LogP contribution in [0.1, 0.15) is 31.2 Å². The third-order valence-corrected chi connectivity index (χ3v) is 3.26. The second-order valence-corrected chi connectivity index (χ2v) is 4.56. The number of carbonyl (C=O) groups excluding carboxylic acids is 1. The van der Waals surface area contributed by atoms with Crippen LogP contribution in [0.5, 0.6) is 0 Å². The van der Waals surface area contributed by atoms with Crippen LogP contribution in [0.4, 0.5) is 0 Å². The van der Waals surface area contributed by atoms with E-state index < -0.39 is 0 Å². The number of thiophene rings is 1. The molecule has 0 bridgehead atoms. The maximum absolute atomic E-state index is 11.0. The normalized spacial score (nSPS) is 14.6. The van der Waals surface area contributed by atoms with Crippen LogP contribution in [0.3, 0.4) is 0 Å². The van der Waals surface area contributed by atoms with E-state index in [1.54, 1.807) is 11.3 Å². The molecular formula is C11H17NO2S. The number of carbonyl (C=O) groups is 1. The molecule has 15 heavy (non-hydrogen) atoms. The predicted molar refractivity (Wildman–Crippen MR) is 62.0 cm³/mol. The summed E-state index contributed by atoms with van der Waals surface area (Å²) in [7, 11) is 1.41. The fraction of sp³-hybridized carbons (Fsp3) is 0.545. The Bertz CT molecular complexity index is 298. The second kappa shape index (κ2) is 5.88. The van der Waals surface area contributed by atoms with Crippen molar-refractivity contribution in [1.82, 2.24) is 5.32 Å². The molecule has 1 N–H and O–H groups in total. The van der Waals surface area contributed by atoms with Crippen LogP contribution in [-0.2, 0) is 9.53 Å². The van der Waals surface area contributed by atoms with Crippen molar-refractivity contribution in [2.75, 3.05) is 7.11 Å². The van der Waals surface area contributed by atoms with Crippen molar-refractivity contribution in [3.63, 3.8) is 0 Å². The molecule has 0 aromatic carbocycles. The summed E-state index contributed by atoms with van der Waals surface area (Å²) in [6.07, 6.45) is 0.409. The standard InChI is InChI=1S/C11H17NO2S/c1-8(7-11(13)14-3)12-9(2)10-5-4-6-15-10/h4-6,8-9,12H,7H2,1-3H3/t8?,9-/m0/s1. The van der Waals surface area contributed by atoms with E-state index in [0.29, 0.717) is 6.42 Å². The van der Waals surface area contributed by atoms with Crippen LogP contribution in [0.15, 0.2) is 17.5 Å². The summed E-state index contributed by atoms with van der Waals surface area (Å²) in [5.74, 6) is -0.173. The van der Waals surface area contributed by atoms with Gasteiger partial charge in [-0.05, 0) is 25.3 Å². The average Bonchev–Trinajstić information content (AvgIpc) is 2.70. The van der Waals surface area contributed by atoms with E-state index in [9.17, 15) is 4.79 Å². The molecule has 0 fully saturated rings. The molecule has 0 aliphatic carbocycles. The highest BCUT2D eigenvalue weighted by molar-refractivity contribution is 7.10. The number of methoxy groups -OCH3 is 1. The second-order valence-electron chi connectivity index (χ2n) is 3.59. The summed E-state index contributed by atoms with van der Waals surface area (Å²) < 4.78 is 4.62. The summed E-state index contributed by atoms with van der Waals surface area (Å²) in [4.78, 5) is 12.3. The lowest BCUT2D eigenvalue weighted by Crippen LogP contribution is -2.30. The molecule has 0 aliphatic rings. The van der Waals surface area contributed by atoms with Gasteiger partial charge in [0.05, 0.1) is 13.5 Å². The number of hydrogen-bond acceptors (Lipinski definition) is 4. The maximum Gasteiger partial charge on any atom is 0.307 e. The Kier molecular flexibility index (Phi) is 4.78. The van der Waals surface area contributed by atoms with Gasteiger partial charge >= 0.3 is 5.97 Å². The average molecular weight is 227 g/mol. The first-order valence-electron chi connectivity index (χ1n) is 4.99. The van der Waals surface area contributed by atoms with Crippen LogP contribution >= 0.6 is 11.3 Å². The summed E-state index contributed by atoms with van der Waals surface area (Å²) in [5.41, 5.74) is 0. The predicted octanol–water partition coefficient (Wildman–Crippen LogP) is 2.35. The van der Waals surface area contributed by atoms with Crippen LogP contribution in [-0.4, -0.2) is 19.1 Å². The third-order valence-electron chi connectivity index (χ3n) is 2.21. The van der Waals surface area contributed by atoms with Gasteiger partial charge < -0.3 is 10.1 Å². The van der Waals surface area contributed by atoms with Gasteiger partial charge in [0.1, 0.15) is 0 Å². The summed E-state index contributed by atoms with van der Waals surface area (Å²) >= 11 is 1.72. The molecule has 84 valence electrons. The van der Waals surface area contributed by atoms with Gasteiger partial charge in [0.15, 0.2) is 0 Å². The topological polar surface area (TPSA) is 38.3 Å². The zero-order chi connectivity index (χ0) is 11.3. The summed E-state index contributed by atoms with van der Waals surface area (Å²) in [6, 6.07) is 4.54. The van der Waals surface area contributed by atoms with Gasteiger partial charge in [0, 0.05) is 17.0 Å². The van der Waals surface area contributed by atoms with Crippen LogP contribution in [0, 0.1) is 0 Å². The van der Waals surface area contributed by atoms with E-state index in [1.807, 2.05) is 13.0 Å². The lowest BCUT2D eigenvalue weighted by Gasteiger charge is -2.17. The van der Waals surface area contributed by atoms with Gasteiger partial charge in [-0.2, -0.15) is 0 Å². The minimum Gasteiger partial charge on any atom is -0.469 e. The first-order chi connectivity index (χ1) is 7.13. The van der Waals surface area contributed by atoms with Gasteiger partial charge in [0.2, 0.25) is 0 Å². The van der Waals surface area contributed by atoms with E-state index in [-0.39, 0.29) is 18.1 Å². The summed E-state index contributed by atoms with van der Waals surface area (Å²) in [6.45, 7) is 4.08. The zero-order valence-electron chi connectivity index (χ0n) is 9.32. The number of hydrogen-bond donors (Lipinski definition) is 1. The zero-order valence-corrected chi connectivity index (χ0v) is 10.1. The van der Waals surface area contributed by atoms with Crippen LogP contribution in [0.25, 0.3) is 0 Å². The lowest BCUT2D eigenvalue weighted by atomic mass is 10.2. The summed E-state index contributed by atoms with van der Waals surface area (Å²) in [5, 5.41) is 5.41. The SMILES string of the molecule is COC(=O)CC(C)N[C@@H](C)c1cccs1. The Morgan fingerprint density at radius 3 is 2.87 bits per heavy atom. The van der Waals surface area contributed by atoms with Crippen LogP contribution < -0.4 is 5.32 Å². The Balaban J connectivity index is 2.38. The van der Waals surface area contributed by atoms with Crippen molar-refractivity contribution in [3.8, 4) is 0 Å². The smallest absolute Gasteiger partial charge is 0.307 e. The molecule has 1 heterocycles. The van der Waals surface area contributed by atoms with Crippen LogP contribution in [0.2, 0.25) is 0 Å². The van der Waals surface area contributed by atoms with Crippen molar-refractivity contribution in [2.24, 2.45) is 0 Å². The van der Waals surface area contributed by atoms with E-state index in [1.165, 1.54) is 12.0 Å². The molecule has 0 amide bonds. The van der Waals surface area contributed by atoms with E-state index in [0.717, 1.165) is 0 Å². The minimum absolute atomic E-state index is 0.134. The molecule has 0 radical (unpaired) electrons. The van der Waals surface area contributed by atoms with E-state index in [4.69, 9.17) is 0 Å². The molecule has 0 saturated carbocycles. The Morgan fingerprint density at radius 2 is 2.33 bits per heavy atom. The molecule has 1 unspecified atom stereocenters. The molecule has 2 atom stereocenters. The van der Waals surface area contributed by atoms with E-state index >= 15 is 0 Å². The first kappa shape index (κ1) is 12.2. The van der Waals surface area contributed by atoms with Gasteiger partial charge in [-0.25, -0.2) is 0 Å². The Labute approximate surface area is 94.5 Å². The van der Waals surface area contributed by atoms with Gasteiger partial charge in [-0.3, -0.25) is 4.79 Å². The quantitative estimate of drug-likeness (QED) is 0.785. The number of ether oxygens (including phenoxy) is 1. The molecule has 0 aliphatic heterocycles. The molecular weight excluding hydrogens is 210 g/mol. The molecule has 4 heteroatoms. The number of rotatable bonds is 5.